The third kappa shape index (κ3) is 8.52. The van der Waals surface area contributed by atoms with Crippen molar-refractivity contribution in [2.75, 3.05) is 14.7 Å². The van der Waals surface area contributed by atoms with Crippen LogP contribution >= 0.6 is 0 Å². The summed E-state index contributed by atoms with van der Waals surface area (Å²) in [7, 11) is 0. The Morgan fingerprint density at radius 1 is 0.173 bits per heavy atom. The minimum absolute atomic E-state index is 1.07. The van der Waals surface area contributed by atoms with Gasteiger partial charge in [-0.25, -0.2) is 0 Å². The Kier molecular flexibility index (Phi) is 11.9. The van der Waals surface area contributed by atoms with Crippen molar-refractivity contribution in [2.24, 2.45) is 0 Å². The van der Waals surface area contributed by atoms with E-state index in [1.807, 2.05) is 0 Å². The summed E-state index contributed by atoms with van der Waals surface area (Å²) in [6.45, 7) is 0. The van der Waals surface area contributed by atoms with Crippen molar-refractivity contribution in [3.8, 4) is 33.4 Å². The molecule has 0 N–H and O–H groups in total. The second-order valence-electron chi connectivity index (χ2n) is 18.9. The first-order valence-electron chi connectivity index (χ1n) is 25.7. The second kappa shape index (κ2) is 19.9. The van der Waals surface area contributed by atoms with Gasteiger partial charge in [0.25, 0.3) is 0 Å². The fraction of sp³-hybridized carbons (Fsp3) is 0. The van der Waals surface area contributed by atoms with Crippen LogP contribution in [-0.4, -0.2) is 0 Å². The maximum absolute atomic E-state index is 2.46. The SMILES string of the molecule is c1ccc(-c2cc(-c3ccc(N(c4ccccc4)c4ccccc4)cc3)c3c4ccc(N(c5ccccc5)c5ccccc5)cc4c4cc(N(c5ccccc5)c5ccccc5)ccc4c3c2-c2ccccc2)cc1. The van der Waals surface area contributed by atoms with E-state index in [-0.39, 0.29) is 0 Å². The van der Waals surface area contributed by atoms with Gasteiger partial charge in [0.15, 0.2) is 0 Å². The first-order valence-corrected chi connectivity index (χ1v) is 25.7. The van der Waals surface area contributed by atoms with Gasteiger partial charge >= 0.3 is 0 Å². The van der Waals surface area contributed by atoms with Gasteiger partial charge in [-0.1, -0.05) is 194 Å². The highest BCUT2D eigenvalue weighted by Crippen LogP contribution is 2.51. The largest absolute Gasteiger partial charge is 0.311 e. The Morgan fingerprint density at radius 3 is 0.827 bits per heavy atom. The average molecular weight is 958 g/mol. The normalized spacial score (nSPS) is 11.2. The minimum atomic E-state index is 1.07. The molecule has 0 saturated heterocycles. The van der Waals surface area contributed by atoms with Crippen LogP contribution < -0.4 is 14.7 Å². The van der Waals surface area contributed by atoms with E-state index < -0.39 is 0 Å². The number of benzene rings is 13. The summed E-state index contributed by atoms with van der Waals surface area (Å²) in [4.78, 5) is 7.08. The first kappa shape index (κ1) is 44.9. The average Bonchev–Trinajstić information content (AvgIpc) is 3.49. The molecule has 0 spiro atoms. The van der Waals surface area contributed by atoms with E-state index >= 15 is 0 Å². The molecule has 0 saturated carbocycles. The van der Waals surface area contributed by atoms with E-state index in [0.29, 0.717) is 0 Å². The zero-order valence-electron chi connectivity index (χ0n) is 41.3. The lowest BCUT2D eigenvalue weighted by Crippen LogP contribution is -2.10. The predicted molar refractivity (Wildman–Crippen MR) is 319 cm³/mol. The maximum Gasteiger partial charge on any atom is 0.0468 e. The van der Waals surface area contributed by atoms with Gasteiger partial charge in [-0.15, -0.1) is 0 Å². The zero-order valence-corrected chi connectivity index (χ0v) is 41.3. The van der Waals surface area contributed by atoms with Crippen molar-refractivity contribution in [1.29, 1.82) is 0 Å². The van der Waals surface area contributed by atoms with Crippen LogP contribution in [0.25, 0.3) is 65.7 Å². The molecule has 75 heavy (non-hydrogen) atoms. The van der Waals surface area contributed by atoms with Crippen LogP contribution in [0.2, 0.25) is 0 Å². The van der Waals surface area contributed by atoms with Gasteiger partial charge in [0.2, 0.25) is 0 Å². The van der Waals surface area contributed by atoms with Crippen LogP contribution in [0.4, 0.5) is 51.2 Å². The number of hydrogen-bond donors (Lipinski definition) is 0. The van der Waals surface area contributed by atoms with E-state index in [4.69, 9.17) is 0 Å². The summed E-state index contributed by atoms with van der Waals surface area (Å²) in [6, 6.07) is 112. The molecule has 0 amide bonds. The first-order chi connectivity index (χ1) is 37.2. The number of hydrogen-bond acceptors (Lipinski definition) is 3. The Labute approximate surface area is 438 Å². The van der Waals surface area contributed by atoms with Crippen molar-refractivity contribution in [3.05, 3.63) is 309 Å². The smallest absolute Gasteiger partial charge is 0.0468 e. The summed E-state index contributed by atoms with van der Waals surface area (Å²) >= 11 is 0. The van der Waals surface area contributed by atoms with Crippen LogP contribution in [-0.2, 0) is 0 Å². The monoisotopic (exact) mass is 957 g/mol. The van der Waals surface area contributed by atoms with Gasteiger partial charge in [-0.2, -0.15) is 0 Å². The summed E-state index contributed by atoms with van der Waals surface area (Å²) in [5, 5.41) is 7.11. The van der Waals surface area contributed by atoms with Crippen molar-refractivity contribution in [2.45, 2.75) is 0 Å². The Morgan fingerprint density at radius 2 is 0.453 bits per heavy atom. The summed E-state index contributed by atoms with van der Waals surface area (Å²) in [5.41, 5.74) is 16.8. The Balaban J connectivity index is 1.15. The van der Waals surface area contributed by atoms with Gasteiger partial charge in [0.1, 0.15) is 0 Å². The van der Waals surface area contributed by atoms with Crippen LogP contribution in [0, 0.1) is 0 Å². The van der Waals surface area contributed by atoms with E-state index in [1.54, 1.807) is 0 Å². The number of fused-ring (bicyclic) bond motifs is 6. The molecule has 3 heteroatoms. The molecule has 354 valence electrons. The summed E-state index contributed by atoms with van der Waals surface area (Å²) < 4.78 is 0. The molecule has 0 aromatic heterocycles. The molecule has 3 nitrogen and oxygen atoms in total. The predicted octanol–water partition coefficient (Wildman–Crippen LogP) is 20.6. The Hall–Kier alpha value is -9.96. The topological polar surface area (TPSA) is 9.72 Å². The summed E-state index contributed by atoms with van der Waals surface area (Å²) in [5.74, 6) is 0. The number of rotatable bonds is 12. The van der Waals surface area contributed by atoms with Crippen LogP contribution in [0.15, 0.2) is 309 Å². The molecule has 0 radical (unpaired) electrons. The lowest BCUT2D eigenvalue weighted by Gasteiger charge is -2.28. The molecular formula is C72H51N3. The molecule has 0 heterocycles. The highest BCUT2D eigenvalue weighted by Gasteiger charge is 2.25. The van der Waals surface area contributed by atoms with Gasteiger partial charge in [-0.05, 0) is 181 Å². The molecule has 0 aliphatic rings. The Bertz CT molecular complexity index is 3940. The standard InChI is InChI=1S/C72H51N3/c1-9-25-52(26-10-1)66-51-67(53-41-43-61(44-42-53)73(55-29-13-3-14-30-55)56-31-15-4-16-32-56)71-64-47-45-62(74(57-33-17-5-18-34-57)58-35-19-6-20-36-58)49-68(64)69-50-63(46-48-65(69)72(71)70(66)54-27-11-2-12-28-54)75(59-37-21-7-22-38-59)60-39-23-8-24-40-60/h1-51H. The van der Waals surface area contributed by atoms with Crippen molar-refractivity contribution < 1.29 is 0 Å². The van der Waals surface area contributed by atoms with E-state index in [2.05, 4.69) is 324 Å². The van der Waals surface area contributed by atoms with Gasteiger partial charge in [-0.3, -0.25) is 0 Å². The quantitative estimate of drug-likeness (QED) is 0.113. The van der Waals surface area contributed by atoms with Crippen LogP contribution in [0.1, 0.15) is 0 Å². The number of anilines is 9. The molecular weight excluding hydrogens is 907 g/mol. The fourth-order valence-electron chi connectivity index (χ4n) is 11.0. The van der Waals surface area contributed by atoms with E-state index in [1.165, 1.54) is 54.6 Å². The van der Waals surface area contributed by atoms with Gasteiger partial charge < -0.3 is 14.7 Å². The lowest BCUT2D eigenvalue weighted by atomic mass is 9.81. The van der Waals surface area contributed by atoms with Crippen molar-refractivity contribution in [3.63, 3.8) is 0 Å². The molecule has 0 fully saturated rings. The lowest BCUT2D eigenvalue weighted by molar-refractivity contribution is 1.28. The van der Waals surface area contributed by atoms with Crippen molar-refractivity contribution in [1.82, 2.24) is 0 Å². The highest BCUT2D eigenvalue weighted by molar-refractivity contribution is 6.33. The van der Waals surface area contributed by atoms with Crippen LogP contribution in [0.5, 0.6) is 0 Å². The molecule has 0 bridgehead atoms. The zero-order chi connectivity index (χ0) is 49.9. The fourth-order valence-corrected chi connectivity index (χ4v) is 11.0. The third-order valence-electron chi connectivity index (χ3n) is 14.3. The molecule has 0 unspecified atom stereocenters. The number of para-hydroxylation sites is 6. The van der Waals surface area contributed by atoms with Crippen molar-refractivity contribution >= 4 is 83.5 Å². The molecule has 0 atom stereocenters. The summed E-state index contributed by atoms with van der Waals surface area (Å²) in [6.07, 6.45) is 0. The second-order valence-corrected chi connectivity index (χ2v) is 18.9. The molecule has 0 aliphatic heterocycles. The third-order valence-corrected chi connectivity index (χ3v) is 14.3. The molecule has 13 aromatic rings. The number of nitrogens with zero attached hydrogens (tertiary/aromatic N) is 3. The van der Waals surface area contributed by atoms with Gasteiger partial charge in [0.05, 0.1) is 0 Å². The molecule has 0 aliphatic carbocycles. The van der Waals surface area contributed by atoms with E-state index in [0.717, 1.165) is 62.3 Å². The maximum atomic E-state index is 2.46. The van der Waals surface area contributed by atoms with Gasteiger partial charge in [0, 0.05) is 51.2 Å². The molecule has 13 rings (SSSR count). The minimum Gasteiger partial charge on any atom is -0.311 e. The van der Waals surface area contributed by atoms with E-state index in [9.17, 15) is 0 Å². The molecule has 13 aromatic carbocycles. The highest BCUT2D eigenvalue weighted by atomic mass is 15.2. The van der Waals surface area contributed by atoms with Crippen LogP contribution in [0.3, 0.4) is 0 Å².